The molecule has 0 aromatic heterocycles. The first-order valence-electron chi connectivity index (χ1n) is 8.94. The second-order valence-electron chi connectivity index (χ2n) is 7.05. The predicted molar refractivity (Wildman–Crippen MR) is 97.0 cm³/mol. The number of para-hydroxylation sites is 1. The lowest BCUT2D eigenvalue weighted by atomic mass is 9.93. The van der Waals surface area contributed by atoms with Crippen molar-refractivity contribution in [1.29, 1.82) is 0 Å². The Bertz CT molecular complexity index is 694. The van der Waals surface area contributed by atoms with Gasteiger partial charge in [-0.15, -0.1) is 0 Å². The van der Waals surface area contributed by atoms with Crippen LogP contribution in [0.25, 0.3) is 0 Å². The fourth-order valence-corrected chi connectivity index (χ4v) is 3.86. The molecule has 2 aromatic carbocycles. The zero-order chi connectivity index (χ0) is 16.4. The number of carbonyl (C=O) groups is 1. The van der Waals surface area contributed by atoms with Gasteiger partial charge in [0, 0.05) is 24.8 Å². The van der Waals surface area contributed by atoms with E-state index in [0.29, 0.717) is 11.9 Å². The fraction of sp³-hybridized carbons (Fsp3) is 0.381. The number of nitrogens with one attached hydrogen (secondary N) is 1. The molecular formula is C21H24N2O. The molecule has 0 spiro atoms. The molecular weight excluding hydrogens is 296 g/mol. The fourth-order valence-electron chi connectivity index (χ4n) is 3.86. The summed E-state index contributed by atoms with van der Waals surface area (Å²) in [7, 11) is 0. The number of amides is 1. The number of rotatable bonds is 4. The smallest absolute Gasteiger partial charge is 0.233 e. The minimum absolute atomic E-state index is 0.240. The third-order valence-corrected chi connectivity index (χ3v) is 5.34. The summed E-state index contributed by atoms with van der Waals surface area (Å²) < 4.78 is 0. The molecule has 1 saturated heterocycles. The van der Waals surface area contributed by atoms with Crippen LogP contribution in [0.4, 0.5) is 5.69 Å². The van der Waals surface area contributed by atoms with E-state index in [2.05, 4.69) is 34.5 Å². The minimum Gasteiger partial charge on any atom is -0.381 e. The average Bonchev–Trinajstić information content (AvgIpc) is 3.45. The lowest BCUT2D eigenvalue weighted by molar-refractivity contribution is -0.135. The van der Waals surface area contributed by atoms with Crippen molar-refractivity contribution in [2.24, 2.45) is 0 Å². The molecule has 0 unspecified atom stereocenters. The van der Waals surface area contributed by atoms with Gasteiger partial charge in [-0.1, -0.05) is 48.5 Å². The highest BCUT2D eigenvalue weighted by Gasteiger charge is 2.53. The molecule has 0 bridgehead atoms. The van der Waals surface area contributed by atoms with Crippen LogP contribution in [-0.4, -0.2) is 29.9 Å². The van der Waals surface area contributed by atoms with Crippen LogP contribution in [-0.2, 0) is 10.2 Å². The first-order chi connectivity index (χ1) is 11.8. The molecule has 4 rings (SSSR count). The Labute approximate surface area is 143 Å². The van der Waals surface area contributed by atoms with E-state index in [4.69, 9.17) is 0 Å². The summed E-state index contributed by atoms with van der Waals surface area (Å²) >= 11 is 0. The van der Waals surface area contributed by atoms with Crippen molar-refractivity contribution in [1.82, 2.24) is 4.90 Å². The number of piperidine rings is 1. The highest BCUT2D eigenvalue weighted by atomic mass is 16.2. The Morgan fingerprint density at radius 2 is 1.67 bits per heavy atom. The third kappa shape index (κ3) is 2.91. The van der Waals surface area contributed by atoms with Crippen molar-refractivity contribution in [2.75, 3.05) is 18.4 Å². The maximum absolute atomic E-state index is 13.2. The quantitative estimate of drug-likeness (QED) is 0.929. The normalized spacial score (nSPS) is 22.0. The summed E-state index contributed by atoms with van der Waals surface area (Å²) in [5, 5.41) is 3.58. The van der Waals surface area contributed by atoms with E-state index in [-0.39, 0.29) is 5.41 Å². The molecule has 1 atom stereocenters. The van der Waals surface area contributed by atoms with Crippen LogP contribution >= 0.6 is 0 Å². The number of nitrogens with zero attached hydrogens (tertiary/aromatic N) is 1. The molecule has 1 saturated carbocycles. The number of likely N-dealkylation sites (tertiary alicyclic amines) is 1. The molecule has 2 fully saturated rings. The second-order valence-corrected chi connectivity index (χ2v) is 7.05. The molecule has 1 aliphatic carbocycles. The van der Waals surface area contributed by atoms with Gasteiger partial charge in [0.15, 0.2) is 0 Å². The standard InChI is InChI=1S/C21H24N2O/c24-20(21(13-14-21)17-8-3-1-4-9-17)23-15-7-12-19(16-23)22-18-10-5-2-6-11-18/h1-6,8-11,19,22H,7,12-16H2/t19-/m0/s1. The van der Waals surface area contributed by atoms with E-state index in [1.807, 2.05) is 36.4 Å². The first kappa shape index (κ1) is 15.3. The van der Waals surface area contributed by atoms with Crippen LogP contribution < -0.4 is 5.32 Å². The predicted octanol–water partition coefficient (Wildman–Crippen LogP) is 3.82. The van der Waals surface area contributed by atoms with Crippen molar-refractivity contribution in [3.8, 4) is 0 Å². The lowest BCUT2D eigenvalue weighted by Crippen LogP contribution is -2.48. The molecule has 3 heteroatoms. The zero-order valence-corrected chi connectivity index (χ0v) is 13.9. The van der Waals surface area contributed by atoms with E-state index in [9.17, 15) is 4.79 Å². The highest BCUT2D eigenvalue weighted by molar-refractivity contribution is 5.91. The molecule has 24 heavy (non-hydrogen) atoms. The van der Waals surface area contributed by atoms with Gasteiger partial charge in [0.1, 0.15) is 0 Å². The lowest BCUT2D eigenvalue weighted by Gasteiger charge is -2.36. The summed E-state index contributed by atoms with van der Waals surface area (Å²) in [5.74, 6) is 0.327. The van der Waals surface area contributed by atoms with Crippen molar-refractivity contribution < 1.29 is 4.79 Å². The Morgan fingerprint density at radius 3 is 2.33 bits per heavy atom. The average molecular weight is 320 g/mol. The molecule has 2 aliphatic rings. The summed E-state index contributed by atoms with van der Waals surface area (Å²) in [6.45, 7) is 1.70. The second kappa shape index (κ2) is 6.31. The topological polar surface area (TPSA) is 32.3 Å². The van der Waals surface area contributed by atoms with Crippen LogP contribution in [0.1, 0.15) is 31.2 Å². The molecule has 1 heterocycles. The number of benzene rings is 2. The van der Waals surface area contributed by atoms with E-state index < -0.39 is 0 Å². The van der Waals surface area contributed by atoms with Crippen LogP contribution in [0.3, 0.4) is 0 Å². The van der Waals surface area contributed by atoms with Crippen LogP contribution in [0.2, 0.25) is 0 Å². The van der Waals surface area contributed by atoms with Crippen LogP contribution in [0.5, 0.6) is 0 Å². The Balaban J connectivity index is 1.45. The Morgan fingerprint density at radius 1 is 1.00 bits per heavy atom. The monoisotopic (exact) mass is 320 g/mol. The van der Waals surface area contributed by atoms with Gasteiger partial charge in [0.2, 0.25) is 5.91 Å². The number of hydrogen-bond donors (Lipinski definition) is 1. The van der Waals surface area contributed by atoms with Crippen molar-refractivity contribution in [3.05, 3.63) is 66.2 Å². The van der Waals surface area contributed by atoms with Crippen molar-refractivity contribution in [2.45, 2.75) is 37.1 Å². The molecule has 1 N–H and O–H groups in total. The maximum atomic E-state index is 13.2. The van der Waals surface area contributed by atoms with Crippen molar-refractivity contribution >= 4 is 11.6 Å². The SMILES string of the molecule is O=C(N1CCC[C@H](Nc2ccccc2)C1)C1(c2ccccc2)CC1. The summed E-state index contributed by atoms with van der Waals surface area (Å²) in [4.78, 5) is 15.3. The van der Waals surface area contributed by atoms with Gasteiger partial charge in [-0.2, -0.15) is 0 Å². The number of anilines is 1. The maximum Gasteiger partial charge on any atom is 0.233 e. The van der Waals surface area contributed by atoms with Gasteiger partial charge in [-0.3, -0.25) is 4.79 Å². The molecule has 0 radical (unpaired) electrons. The molecule has 1 aliphatic heterocycles. The van der Waals surface area contributed by atoms with Gasteiger partial charge < -0.3 is 10.2 Å². The van der Waals surface area contributed by atoms with Crippen LogP contribution in [0, 0.1) is 0 Å². The van der Waals surface area contributed by atoms with Crippen LogP contribution in [0.15, 0.2) is 60.7 Å². The Hall–Kier alpha value is -2.29. The largest absolute Gasteiger partial charge is 0.381 e. The summed E-state index contributed by atoms with van der Waals surface area (Å²) in [6, 6.07) is 21.0. The number of carbonyl (C=O) groups excluding carboxylic acids is 1. The van der Waals surface area contributed by atoms with E-state index in [1.165, 1.54) is 5.56 Å². The van der Waals surface area contributed by atoms with Gasteiger partial charge in [-0.25, -0.2) is 0 Å². The van der Waals surface area contributed by atoms with Gasteiger partial charge in [0.05, 0.1) is 5.41 Å². The van der Waals surface area contributed by atoms with Gasteiger partial charge >= 0.3 is 0 Å². The molecule has 1 amide bonds. The molecule has 2 aromatic rings. The summed E-state index contributed by atoms with van der Waals surface area (Å²) in [6.07, 6.45) is 4.17. The first-order valence-corrected chi connectivity index (χ1v) is 8.94. The third-order valence-electron chi connectivity index (χ3n) is 5.34. The molecule has 124 valence electrons. The molecule has 3 nitrogen and oxygen atoms in total. The van der Waals surface area contributed by atoms with Crippen molar-refractivity contribution in [3.63, 3.8) is 0 Å². The van der Waals surface area contributed by atoms with Gasteiger partial charge in [-0.05, 0) is 43.4 Å². The number of hydrogen-bond acceptors (Lipinski definition) is 2. The van der Waals surface area contributed by atoms with E-state index >= 15 is 0 Å². The van der Waals surface area contributed by atoms with E-state index in [1.54, 1.807) is 0 Å². The van der Waals surface area contributed by atoms with E-state index in [0.717, 1.165) is 44.5 Å². The summed E-state index contributed by atoms with van der Waals surface area (Å²) in [5.41, 5.74) is 2.09. The Kier molecular flexibility index (Phi) is 4.01. The zero-order valence-electron chi connectivity index (χ0n) is 13.9. The highest BCUT2D eigenvalue weighted by Crippen LogP contribution is 2.49. The van der Waals surface area contributed by atoms with Gasteiger partial charge in [0.25, 0.3) is 0 Å². The minimum atomic E-state index is -0.240.